The molecular formula is C12H19NO3. The van der Waals surface area contributed by atoms with E-state index in [9.17, 15) is 4.79 Å². The molecule has 0 fully saturated rings. The Morgan fingerprint density at radius 1 is 1.44 bits per heavy atom. The van der Waals surface area contributed by atoms with Gasteiger partial charge in [-0.1, -0.05) is 0 Å². The standard InChI is InChI=1S/C12H19NO3/c1-10-11(6-9-16-10)12(15)13(2)7-4-3-5-8-14/h6,9,14H,3-5,7-8H2,1-2H3. The van der Waals surface area contributed by atoms with Crippen molar-refractivity contribution in [3.8, 4) is 0 Å². The van der Waals surface area contributed by atoms with Crippen molar-refractivity contribution in [2.24, 2.45) is 0 Å². The van der Waals surface area contributed by atoms with Crippen molar-refractivity contribution >= 4 is 5.91 Å². The van der Waals surface area contributed by atoms with E-state index in [1.54, 1.807) is 24.9 Å². The van der Waals surface area contributed by atoms with Gasteiger partial charge in [-0.25, -0.2) is 0 Å². The molecule has 1 heterocycles. The summed E-state index contributed by atoms with van der Waals surface area (Å²) in [5.74, 6) is 0.655. The highest BCUT2D eigenvalue weighted by atomic mass is 16.3. The molecule has 1 aromatic heterocycles. The Bertz CT molecular complexity index is 333. The predicted octanol–water partition coefficient (Wildman–Crippen LogP) is 1.82. The van der Waals surface area contributed by atoms with Crippen LogP contribution in [0.5, 0.6) is 0 Å². The van der Waals surface area contributed by atoms with Crippen LogP contribution in [0.1, 0.15) is 35.4 Å². The Hall–Kier alpha value is -1.29. The van der Waals surface area contributed by atoms with E-state index < -0.39 is 0 Å². The third kappa shape index (κ3) is 3.38. The SMILES string of the molecule is Cc1occc1C(=O)N(C)CCCCCO. The van der Waals surface area contributed by atoms with Crippen LogP contribution in [0.25, 0.3) is 0 Å². The lowest BCUT2D eigenvalue weighted by Crippen LogP contribution is -2.27. The van der Waals surface area contributed by atoms with Gasteiger partial charge in [0.05, 0.1) is 11.8 Å². The maximum atomic E-state index is 11.9. The first-order valence-corrected chi connectivity index (χ1v) is 5.57. The fourth-order valence-electron chi connectivity index (χ4n) is 1.55. The average Bonchev–Trinajstić information content (AvgIpc) is 2.69. The minimum absolute atomic E-state index is 0.00440. The molecular weight excluding hydrogens is 206 g/mol. The van der Waals surface area contributed by atoms with Crippen LogP contribution >= 0.6 is 0 Å². The second-order valence-electron chi connectivity index (χ2n) is 3.90. The summed E-state index contributed by atoms with van der Waals surface area (Å²) in [5.41, 5.74) is 0.629. The van der Waals surface area contributed by atoms with E-state index in [0.29, 0.717) is 17.9 Å². The van der Waals surface area contributed by atoms with E-state index in [4.69, 9.17) is 9.52 Å². The highest BCUT2D eigenvalue weighted by molar-refractivity contribution is 5.94. The Kier molecular flexibility index (Phi) is 5.05. The van der Waals surface area contributed by atoms with Gasteiger partial charge < -0.3 is 14.4 Å². The number of hydrogen-bond donors (Lipinski definition) is 1. The first-order chi connectivity index (χ1) is 7.66. The maximum absolute atomic E-state index is 11.9. The molecule has 1 rings (SSSR count). The molecule has 16 heavy (non-hydrogen) atoms. The molecule has 0 aliphatic rings. The van der Waals surface area contributed by atoms with Gasteiger partial charge in [0.2, 0.25) is 0 Å². The topological polar surface area (TPSA) is 53.7 Å². The molecule has 0 atom stereocenters. The second-order valence-corrected chi connectivity index (χ2v) is 3.90. The second kappa shape index (κ2) is 6.33. The molecule has 1 aromatic rings. The first-order valence-electron chi connectivity index (χ1n) is 5.57. The van der Waals surface area contributed by atoms with Gasteiger partial charge >= 0.3 is 0 Å². The molecule has 0 unspecified atom stereocenters. The van der Waals surface area contributed by atoms with Gasteiger partial charge in [0.25, 0.3) is 5.91 Å². The summed E-state index contributed by atoms with van der Waals surface area (Å²) < 4.78 is 5.10. The fraction of sp³-hybridized carbons (Fsp3) is 0.583. The zero-order chi connectivity index (χ0) is 12.0. The average molecular weight is 225 g/mol. The van der Waals surface area contributed by atoms with E-state index >= 15 is 0 Å². The Morgan fingerprint density at radius 2 is 2.19 bits per heavy atom. The van der Waals surface area contributed by atoms with Crippen LogP contribution in [0.4, 0.5) is 0 Å². The van der Waals surface area contributed by atoms with Crippen LogP contribution in [0, 0.1) is 6.92 Å². The van der Waals surface area contributed by atoms with Crippen LogP contribution in [-0.4, -0.2) is 36.1 Å². The van der Waals surface area contributed by atoms with Crippen molar-refractivity contribution in [2.45, 2.75) is 26.2 Å². The lowest BCUT2D eigenvalue weighted by atomic mass is 10.2. The molecule has 0 bridgehead atoms. The molecule has 90 valence electrons. The molecule has 4 heteroatoms. The number of rotatable bonds is 6. The summed E-state index contributed by atoms with van der Waals surface area (Å²) in [6, 6.07) is 1.70. The van der Waals surface area contributed by atoms with Crippen molar-refractivity contribution < 1.29 is 14.3 Å². The van der Waals surface area contributed by atoms with Crippen LogP contribution in [0.15, 0.2) is 16.7 Å². The van der Waals surface area contributed by atoms with E-state index in [-0.39, 0.29) is 12.5 Å². The Balaban J connectivity index is 2.40. The summed E-state index contributed by atoms with van der Waals surface area (Å²) in [7, 11) is 1.79. The number of carbonyl (C=O) groups excluding carboxylic acids is 1. The quantitative estimate of drug-likeness (QED) is 0.751. The number of aliphatic hydroxyl groups is 1. The highest BCUT2D eigenvalue weighted by Gasteiger charge is 2.15. The van der Waals surface area contributed by atoms with Gasteiger partial charge in [-0.3, -0.25) is 4.79 Å². The van der Waals surface area contributed by atoms with E-state index in [0.717, 1.165) is 19.3 Å². The summed E-state index contributed by atoms with van der Waals surface area (Å²) in [4.78, 5) is 13.6. The van der Waals surface area contributed by atoms with Crippen LogP contribution in [0.3, 0.4) is 0 Å². The molecule has 1 amide bonds. The number of unbranched alkanes of at least 4 members (excludes halogenated alkanes) is 2. The molecule has 0 saturated carbocycles. The summed E-state index contributed by atoms with van der Waals surface area (Å²) >= 11 is 0. The fourth-order valence-corrected chi connectivity index (χ4v) is 1.55. The highest BCUT2D eigenvalue weighted by Crippen LogP contribution is 2.11. The molecule has 0 radical (unpaired) electrons. The summed E-state index contributed by atoms with van der Waals surface area (Å²) in [5, 5.41) is 8.63. The number of nitrogens with zero attached hydrogens (tertiary/aromatic N) is 1. The van der Waals surface area contributed by atoms with Crippen molar-refractivity contribution in [2.75, 3.05) is 20.2 Å². The number of aryl methyl sites for hydroxylation is 1. The zero-order valence-corrected chi connectivity index (χ0v) is 9.90. The van der Waals surface area contributed by atoms with Gasteiger partial charge in [0, 0.05) is 20.2 Å². The van der Waals surface area contributed by atoms with Crippen molar-refractivity contribution in [3.63, 3.8) is 0 Å². The Morgan fingerprint density at radius 3 is 2.75 bits per heavy atom. The largest absolute Gasteiger partial charge is 0.469 e. The predicted molar refractivity (Wildman–Crippen MR) is 61.3 cm³/mol. The van der Waals surface area contributed by atoms with Gasteiger partial charge in [-0.05, 0) is 32.3 Å². The van der Waals surface area contributed by atoms with Gasteiger partial charge in [0.15, 0.2) is 0 Å². The van der Waals surface area contributed by atoms with Gasteiger partial charge in [-0.2, -0.15) is 0 Å². The normalized spacial score (nSPS) is 10.4. The molecule has 4 nitrogen and oxygen atoms in total. The minimum atomic E-state index is -0.00440. The minimum Gasteiger partial charge on any atom is -0.469 e. The van der Waals surface area contributed by atoms with E-state index in [1.807, 2.05) is 0 Å². The molecule has 0 aliphatic carbocycles. The third-order valence-corrected chi connectivity index (χ3v) is 2.59. The van der Waals surface area contributed by atoms with Crippen molar-refractivity contribution in [1.82, 2.24) is 4.90 Å². The van der Waals surface area contributed by atoms with E-state index in [2.05, 4.69) is 0 Å². The van der Waals surface area contributed by atoms with Crippen LogP contribution in [0.2, 0.25) is 0 Å². The van der Waals surface area contributed by atoms with Gasteiger partial charge in [0.1, 0.15) is 5.76 Å². The van der Waals surface area contributed by atoms with Gasteiger partial charge in [-0.15, -0.1) is 0 Å². The smallest absolute Gasteiger partial charge is 0.257 e. The molecule has 0 aromatic carbocycles. The monoisotopic (exact) mass is 225 g/mol. The molecule has 0 aliphatic heterocycles. The van der Waals surface area contributed by atoms with E-state index in [1.165, 1.54) is 6.26 Å². The zero-order valence-electron chi connectivity index (χ0n) is 9.90. The number of amides is 1. The molecule has 1 N–H and O–H groups in total. The third-order valence-electron chi connectivity index (χ3n) is 2.59. The first kappa shape index (κ1) is 12.8. The number of aliphatic hydroxyl groups excluding tert-OH is 1. The number of carbonyl (C=O) groups is 1. The van der Waals surface area contributed by atoms with Crippen molar-refractivity contribution in [1.29, 1.82) is 0 Å². The number of hydrogen-bond acceptors (Lipinski definition) is 3. The maximum Gasteiger partial charge on any atom is 0.257 e. The summed E-state index contributed by atoms with van der Waals surface area (Å²) in [6.07, 6.45) is 4.19. The van der Waals surface area contributed by atoms with Crippen molar-refractivity contribution in [3.05, 3.63) is 23.7 Å². The lowest BCUT2D eigenvalue weighted by Gasteiger charge is -2.16. The molecule has 0 spiro atoms. The number of furan rings is 1. The van der Waals surface area contributed by atoms with Crippen LogP contribution < -0.4 is 0 Å². The Labute approximate surface area is 95.9 Å². The summed E-state index contributed by atoms with van der Waals surface area (Å²) in [6.45, 7) is 2.72. The molecule has 0 saturated heterocycles. The lowest BCUT2D eigenvalue weighted by molar-refractivity contribution is 0.0790. The van der Waals surface area contributed by atoms with Crippen LogP contribution in [-0.2, 0) is 0 Å².